The van der Waals surface area contributed by atoms with Crippen LogP contribution >= 0.6 is 22.9 Å². The quantitative estimate of drug-likeness (QED) is 0.638. The van der Waals surface area contributed by atoms with Gasteiger partial charge in [0.15, 0.2) is 0 Å². The lowest BCUT2D eigenvalue weighted by Gasteiger charge is -2.22. The van der Waals surface area contributed by atoms with Crippen molar-refractivity contribution in [2.24, 2.45) is 0 Å². The molecule has 6 heteroatoms. The minimum atomic E-state index is -0.313. The molecule has 4 nitrogen and oxygen atoms in total. The smallest absolute Gasteiger partial charge is 0.336 e. The predicted octanol–water partition coefficient (Wildman–Crippen LogP) is 3.58. The van der Waals surface area contributed by atoms with Crippen molar-refractivity contribution in [3.05, 3.63) is 67.2 Å². The highest BCUT2D eigenvalue weighted by molar-refractivity contribution is 7.09. The van der Waals surface area contributed by atoms with Crippen LogP contribution in [0.2, 0.25) is 5.02 Å². The van der Waals surface area contributed by atoms with Crippen molar-refractivity contribution in [1.82, 2.24) is 0 Å². The van der Waals surface area contributed by atoms with Gasteiger partial charge in [-0.05, 0) is 48.9 Å². The molecule has 3 heterocycles. The average Bonchev–Trinajstić information content (AvgIpc) is 3.30. The molecule has 1 fully saturated rings. The van der Waals surface area contributed by atoms with Crippen LogP contribution in [0.1, 0.15) is 28.8 Å². The van der Waals surface area contributed by atoms with Gasteiger partial charge in [0, 0.05) is 28.6 Å². The summed E-state index contributed by atoms with van der Waals surface area (Å²) in [6.45, 7) is 5.35. The van der Waals surface area contributed by atoms with E-state index >= 15 is 0 Å². The maximum absolute atomic E-state index is 12.1. The molecule has 1 aliphatic rings. The van der Waals surface area contributed by atoms with Gasteiger partial charge >= 0.3 is 5.63 Å². The van der Waals surface area contributed by atoms with Crippen LogP contribution in [-0.4, -0.2) is 19.3 Å². The number of nitrogens with one attached hydrogen (secondary N) is 1. The van der Waals surface area contributed by atoms with Crippen molar-refractivity contribution in [2.75, 3.05) is 13.2 Å². The number of hydrogen-bond donors (Lipinski definition) is 1. The lowest BCUT2D eigenvalue weighted by molar-refractivity contribution is -0.930. The minimum Gasteiger partial charge on any atom is -0.423 e. The number of ether oxygens (including phenoxy) is 1. The van der Waals surface area contributed by atoms with E-state index in [2.05, 4.69) is 17.5 Å². The van der Waals surface area contributed by atoms with Gasteiger partial charge in [0.1, 0.15) is 31.3 Å². The van der Waals surface area contributed by atoms with Crippen molar-refractivity contribution in [3.8, 4) is 0 Å². The van der Waals surface area contributed by atoms with E-state index in [1.54, 1.807) is 17.4 Å². The lowest BCUT2D eigenvalue weighted by Crippen LogP contribution is -3.10. The second-order valence-electron chi connectivity index (χ2n) is 7.21. The monoisotopic (exact) mass is 404 g/mol. The molecule has 0 aliphatic carbocycles. The molecule has 142 valence electrons. The average molecular weight is 405 g/mol. The summed E-state index contributed by atoms with van der Waals surface area (Å²) >= 11 is 8.11. The summed E-state index contributed by atoms with van der Waals surface area (Å²) < 4.78 is 11.3. The first-order valence-corrected chi connectivity index (χ1v) is 10.5. The topological polar surface area (TPSA) is 43.9 Å². The molecule has 1 N–H and O–H groups in total. The Hall–Kier alpha value is -1.66. The van der Waals surface area contributed by atoms with Gasteiger partial charge in [-0.25, -0.2) is 4.79 Å². The third kappa shape index (κ3) is 4.43. The van der Waals surface area contributed by atoms with Gasteiger partial charge in [0.25, 0.3) is 0 Å². The van der Waals surface area contributed by atoms with Crippen molar-refractivity contribution in [1.29, 1.82) is 0 Å². The highest BCUT2D eigenvalue weighted by atomic mass is 35.5. The zero-order valence-electron chi connectivity index (χ0n) is 15.3. The van der Waals surface area contributed by atoms with E-state index in [0.29, 0.717) is 10.6 Å². The van der Waals surface area contributed by atoms with Gasteiger partial charge < -0.3 is 14.1 Å². The maximum Gasteiger partial charge on any atom is 0.336 e. The third-order valence-electron chi connectivity index (χ3n) is 5.09. The van der Waals surface area contributed by atoms with E-state index in [4.69, 9.17) is 20.8 Å². The number of thiophene rings is 1. The van der Waals surface area contributed by atoms with Crippen LogP contribution in [0.25, 0.3) is 11.0 Å². The molecule has 1 saturated heterocycles. The Bertz CT molecular complexity index is 977. The molecule has 0 saturated carbocycles. The Morgan fingerprint density at radius 1 is 1.30 bits per heavy atom. The molecule has 0 spiro atoms. The second-order valence-corrected chi connectivity index (χ2v) is 8.65. The Kier molecular flexibility index (Phi) is 5.64. The van der Waals surface area contributed by atoms with Crippen LogP contribution in [0, 0.1) is 6.92 Å². The van der Waals surface area contributed by atoms with Gasteiger partial charge in [-0.1, -0.05) is 17.7 Å². The number of rotatable bonds is 6. The van der Waals surface area contributed by atoms with Gasteiger partial charge in [-0.3, -0.25) is 0 Å². The Labute approximate surface area is 167 Å². The molecular formula is C21H23ClNO3S+. The molecule has 27 heavy (non-hydrogen) atoms. The number of quaternary nitrogens is 1. The summed E-state index contributed by atoms with van der Waals surface area (Å²) in [5, 5.41) is 3.71. The molecule has 1 aliphatic heterocycles. The minimum absolute atomic E-state index is 0.289. The Morgan fingerprint density at radius 3 is 2.93 bits per heavy atom. The highest BCUT2D eigenvalue weighted by Gasteiger charge is 2.23. The summed E-state index contributed by atoms with van der Waals surface area (Å²) in [5.41, 5.74) is 2.18. The number of aryl methyl sites for hydroxylation is 1. The van der Waals surface area contributed by atoms with Crippen LogP contribution in [0.4, 0.5) is 0 Å². The zero-order chi connectivity index (χ0) is 18.8. The molecule has 0 radical (unpaired) electrons. The van der Waals surface area contributed by atoms with E-state index in [1.807, 2.05) is 19.1 Å². The zero-order valence-corrected chi connectivity index (χ0v) is 16.9. The fourth-order valence-electron chi connectivity index (χ4n) is 3.76. The lowest BCUT2D eigenvalue weighted by atomic mass is 10.1. The van der Waals surface area contributed by atoms with Crippen LogP contribution < -0.4 is 10.5 Å². The first-order valence-electron chi connectivity index (χ1n) is 9.29. The molecule has 4 rings (SSSR count). The van der Waals surface area contributed by atoms with E-state index < -0.39 is 0 Å². The van der Waals surface area contributed by atoms with Crippen molar-refractivity contribution >= 4 is 33.9 Å². The number of hydrogen-bond acceptors (Lipinski definition) is 4. The summed E-state index contributed by atoms with van der Waals surface area (Å²) in [5.74, 6) is 0. The summed E-state index contributed by atoms with van der Waals surface area (Å²) in [6, 6.07) is 9.62. The molecule has 0 bridgehead atoms. The summed E-state index contributed by atoms with van der Waals surface area (Å²) in [6.07, 6.45) is 2.53. The van der Waals surface area contributed by atoms with Gasteiger partial charge in [-0.15, -0.1) is 11.3 Å². The fourth-order valence-corrected chi connectivity index (χ4v) is 4.70. The van der Waals surface area contributed by atoms with Crippen LogP contribution in [0.15, 0.2) is 44.9 Å². The standard InChI is InChI=1S/C21H22ClNO3S/c1-14-8-20-18(10-19(14)22)15(9-21(24)26-20)11-23(12-16-4-2-6-25-16)13-17-5-3-7-27-17/h3,5,7-10,16H,2,4,6,11-13H2,1H3/p+1/t16-/m0/s1. The SMILES string of the molecule is Cc1cc2oc(=O)cc(C[NH+](Cc3cccs3)C[C@@H]3CCCO3)c2cc1Cl. The number of benzene rings is 1. The number of halogens is 1. The first-order chi connectivity index (χ1) is 13.1. The summed E-state index contributed by atoms with van der Waals surface area (Å²) in [7, 11) is 0. The van der Waals surface area contributed by atoms with Gasteiger partial charge in [0.05, 0.1) is 4.88 Å². The molecule has 3 aromatic rings. The van der Waals surface area contributed by atoms with Crippen LogP contribution in [-0.2, 0) is 17.8 Å². The predicted molar refractivity (Wildman–Crippen MR) is 109 cm³/mol. The van der Waals surface area contributed by atoms with Crippen LogP contribution in [0.5, 0.6) is 0 Å². The normalized spacial score (nSPS) is 18.2. The van der Waals surface area contributed by atoms with Gasteiger partial charge in [-0.2, -0.15) is 0 Å². The molecule has 0 amide bonds. The third-order valence-corrected chi connectivity index (χ3v) is 6.38. The van der Waals surface area contributed by atoms with Crippen molar-refractivity contribution in [2.45, 2.75) is 39.0 Å². The fraction of sp³-hybridized carbons (Fsp3) is 0.381. The highest BCUT2D eigenvalue weighted by Crippen LogP contribution is 2.25. The molecular weight excluding hydrogens is 382 g/mol. The van der Waals surface area contributed by atoms with Crippen molar-refractivity contribution in [3.63, 3.8) is 0 Å². The Morgan fingerprint density at radius 2 is 2.19 bits per heavy atom. The largest absolute Gasteiger partial charge is 0.423 e. The van der Waals surface area contributed by atoms with E-state index in [-0.39, 0.29) is 11.7 Å². The van der Waals surface area contributed by atoms with E-state index in [0.717, 1.165) is 55.6 Å². The summed E-state index contributed by atoms with van der Waals surface area (Å²) in [4.78, 5) is 14.8. The molecule has 1 aromatic carbocycles. The number of fused-ring (bicyclic) bond motifs is 1. The first kappa shape index (κ1) is 18.7. The van der Waals surface area contributed by atoms with Crippen molar-refractivity contribution < 1.29 is 14.1 Å². The second kappa shape index (κ2) is 8.15. The molecule has 1 unspecified atom stereocenters. The van der Waals surface area contributed by atoms with E-state index in [1.165, 1.54) is 9.78 Å². The van der Waals surface area contributed by atoms with Gasteiger partial charge in [0.2, 0.25) is 0 Å². The Balaban J connectivity index is 1.66. The van der Waals surface area contributed by atoms with Crippen LogP contribution in [0.3, 0.4) is 0 Å². The van der Waals surface area contributed by atoms with E-state index in [9.17, 15) is 4.79 Å². The molecule has 2 atom stereocenters. The molecule has 2 aromatic heterocycles. The maximum atomic E-state index is 12.1.